The minimum absolute atomic E-state index is 0.228. The quantitative estimate of drug-likeness (QED) is 0.358. The number of morpholine rings is 1. The number of rotatable bonds is 2. The number of nitrogens with zero attached hydrogens (tertiary/aromatic N) is 2. The van der Waals surface area contributed by atoms with Gasteiger partial charge in [-0.1, -0.05) is 18.2 Å². The monoisotopic (exact) mass is 254 g/mol. The lowest BCUT2D eigenvalue weighted by Gasteiger charge is -2.31. The zero-order valence-corrected chi connectivity index (χ0v) is 10.1. The summed E-state index contributed by atoms with van der Waals surface area (Å²) in [5.41, 5.74) is 9.34. The minimum atomic E-state index is -0.228. The summed E-state index contributed by atoms with van der Waals surface area (Å²) in [6.45, 7) is 1.79. The Bertz CT molecular complexity index is 384. The molecule has 0 aliphatic carbocycles. The van der Waals surface area contributed by atoms with Crippen molar-refractivity contribution < 1.29 is 4.74 Å². The van der Waals surface area contributed by atoms with Gasteiger partial charge in [0.2, 0.25) is 5.96 Å². The van der Waals surface area contributed by atoms with Crippen LogP contribution in [0.15, 0.2) is 35.3 Å². The molecule has 1 atom stereocenters. The van der Waals surface area contributed by atoms with E-state index < -0.39 is 0 Å². The largest absolute Gasteiger partial charge is 0.377 e. The number of hydrazine groups is 1. The van der Waals surface area contributed by atoms with Gasteiger partial charge in [0.1, 0.15) is 5.50 Å². The Morgan fingerprint density at radius 2 is 2.24 bits per heavy atom. The first-order valence-electron chi connectivity index (χ1n) is 5.40. The van der Waals surface area contributed by atoms with Gasteiger partial charge in [0.25, 0.3) is 0 Å². The summed E-state index contributed by atoms with van der Waals surface area (Å²) < 4.78 is 5.22. The lowest BCUT2D eigenvalue weighted by molar-refractivity contribution is 0.00833. The topological polar surface area (TPSA) is 62.9 Å². The minimum Gasteiger partial charge on any atom is -0.377 e. The number of nitrogens with two attached hydrogens (primary N) is 1. The van der Waals surface area contributed by atoms with Crippen LogP contribution in [0, 0.1) is 0 Å². The molecule has 1 heterocycles. The second kappa shape index (κ2) is 5.86. The van der Waals surface area contributed by atoms with E-state index in [4.69, 9.17) is 22.1 Å². The van der Waals surface area contributed by atoms with E-state index in [0.29, 0.717) is 25.7 Å². The molecule has 1 unspecified atom stereocenters. The maximum atomic E-state index is 6.06. The van der Waals surface area contributed by atoms with Crippen LogP contribution in [-0.2, 0) is 4.74 Å². The Morgan fingerprint density at radius 3 is 2.94 bits per heavy atom. The van der Waals surface area contributed by atoms with Crippen molar-refractivity contribution in [3.05, 3.63) is 30.3 Å². The fraction of sp³-hybridized carbons (Fsp3) is 0.364. The highest BCUT2D eigenvalue weighted by atomic mass is 35.5. The van der Waals surface area contributed by atoms with Crippen LogP contribution >= 0.6 is 11.6 Å². The third kappa shape index (κ3) is 3.59. The second-order valence-corrected chi connectivity index (χ2v) is 4.15. The summed E-state index contributed by atoms with van der Waals surface area (Å²) in [6.07, 6.45) is 0. The average molecular weight is 255 g/mol. The van der Waals surface area contributed by atoms with E-state index in [-0.39, 0.29) is 5.50 Å². The average Bonchev–Trinajstić information content (AvgIpc) is 2.33. The molecule has 92 valence electrons. The van der Waals surface area contributed by atoms with Gasteiger partial charge in [-0.3, -0.25) is 5.43 Å². The van der Waals surface area contributed by atoms with Crippen molar-refractivity contribution in [1.29, 1.82) is 0 Å². The molecule has 0 radical (unpaired) electrons. The molecule has 1 saturated heterocycles. The molecule has 1 fully saturated rings. The van der Waals surface area contributed by atoms with Crippen molar-refractivity contribution in [1.82, 2.24) is 10.4 Å². The van der Waals surface area contributed by atoms with Gasteiger partial charge in [-0.05, 0) is 12.1 Å². The lowest BCUT2D eigenvalue weighted by atomic mass is 10.3. The van der Waals surface area contributed by atoms with Crippen LogP contribution in [0.5, 0.6) is 0 Å². The van der Waals surface area contributed by atoms with Crippen molar-refractivity contribution in [3.8, 4) is 0 Å². The molecule has 0 spiro atoms. The predicted octanol–water partition coefficient (Wildman–Crippen LogP) is 1.03. The van der Waals surface area contributed by atoms with E-state index in [2.05, 4.69) is 10.4 Å². The van der Waals surface area contributed by atoms with Crippen LogP contribution in [0.2, 0.25) is 0 Å². The summed E-state index contributed by atoms with van der Waals surface area (Å²) in [6, 6.07) is 9.51. The molecule has 1 aromatic carbocycles. The number of benzene rings is 1. The molecule has 5 nitrogen and oxygen atoms in total. The molecular formula is C11H15ClN4O. The van der Waals surface area contributed by atoms with Crippen LogP contribution in [-0.4, -0.2) is 36.2 Å². The first kappa shape index (κ1) is 12.2. The Morgan fingerprint density at radius 1 is 1.47 bits per heavy atom. The van der Waals surface area contributed by atoms with Gasteiger partial charge in [-0.2, -0.15) is 5.01 Å². The van der Waals surface area contributed by atoms with Gasteiger partial charge in [-0.25, -0.2) is 4.99 Å². The number of hydrogen-bond donors (Lipinski definition) is 2. The third-order valence-corrected chi connectivity index (χ3v) is 2.70. The summed E-state index contributed by atoms with van der Waals surface area (Å²) in [4.78, 5) is 4.23. The number of nitrogens with one attached hydrogen (secondary N) is 1. The van der Waals surface area contributed by atoms with Crippen molar-refractivity contribution in [2.75, 3.05) is 19.8 Å². The molecule has 1 aliphatic heterocycles. The maximum absolute atomic E-state index is 6.06. The van der Waals surface area contributed by atoms with Crippen molar-refractivity contribution in [3.63, 3.8) is 0 Å². The highest BCUT2D eigenvalue weighted by Gasteiger charge is 2.20. The van der Waals surface area contributed by atoms with Gasteiger partial charge >= 0.3 is 0 Å². The molecule has 6 heteroatoms. The van der Waals surface area contributed by atoms with Gasteiger partial charge in [-0.15, -0.1) is 11.6 Å². The molecule has 0 amide bonds. The fourth-order valence-electron chi connectivity index (χ4n) is 1.51. The molecule has 3 N–H and O–H groups in total. The van der Waals surface area contributed by atoms with Crippen LogP contribution in [0.4, 0.5) is 5.69 Å². The number of aliphatic imine (C=N–C) groups is 1. The van der Waals surface area contributed by atoms with E-state index in [1.54, 1.807) is 0 Å². The number of guanidine groups is 1. The SMILES string of the molecule is NC(=Nc1ccccc1)NN1CCOCC1Cl. The molecule has 0 bridgehead atoms. The lowest BCUT2D eigenvalue weighted by Crippen LogP contribution is -2.54. The van der Waals surface area contributed by atoms with Crippen LogP contribution in [0.25, 0.3) is 0 Å². The smallest absolute Gasteiger partial charge is 0.208 e. The van der Waals surface area contributed by atoms with E-state index in [9.17, 15) is 0 Å². The molecule has 1 aliphatic rings. The Balaban J connectivity index is 1.96. The zero-order chi connectivity index (χ0) is 12.1. The standard InChI is InChI=1S/C11H15ClN4O/c12-10-8-17-7-6-16(10)15-11(13)14-9-4-2-1-3-5-9/h1-5,10H,6-8H2,(H3,13,14,15). The van der Waals surface area contributed by atoms with E-state index in [0.717, 1.165) is 5.69 Å². The van der Waals surface area contributed by atoms with Crippen molar-refractivity contribution in [2.45, 2.75) is 5.50 Å². The Hall–Kier alpha value is -1.30. The Kier molecular flexibility index (Phi) is 4.19. The van der Waals surface area contributed by atoms with Crippen LogP contribution in [0.3, 0.4) is 0 Å². The molecule has 1 aromatic rings. The zero-order valence-electron chi connectivity index (χ0n) is 9.34. The molecular weight excluding hydrogens is 240 g/mol. The van der Waals surface area contributed by atoms with Crippen LogP contribution < -0.4 is 11.2 Å². The fourth-order valence-corrected chi connectivity index (χ4v) is 1.75. The van der Waals surface area contributed by atoms with E-state index in [1.165, 1.54) is 0 Å². The first-order valence-corrected chi connectivity index (χ1v) is 5.83. The van der Waals surface area contributed by atoms with Gasteiger partial charge in [0, 0.05) is 6.54 Å². The predicted molar refractivity (Wildman–Crippen MR) is 68.0 cm³/mol. The van der Waals surface area contributed by atoms with Gasteiger partial charge in [0.15, 0.2) is 0 Å². The molecule has 17 heavy (non-hydrogen) atoms. The third-order valence-electron chi connectivity index (χ3n) is 2.33. The molecule has 2 rings (SSSR count). The molecule has 0 saturated carbocycles. The number of para-hydroxylation sites is 1. The molecule has 0 aromatic heterocycles. The second-order valence-electron chi connectivity index (χ2n) is 3.65. The maximum Gasteiger partial charge on any atom is 0.208 e. The van der Waals surface area contributed by atoms with Gasteiger partial charge in [0.05, 0.1) is 18.9 Å². The van der Waals surface area contributed by atoms with Crippen LogP contribution in [0.1, 0.15) is 0 Å². The number of ether oxygens (including phenoxy) is 1. The van der Waals surface area contributed by atoms with Crippen molar-refractivity contribution in [2.24, 2.45) is 10.7 Å². The van der Waals surface area contributed by atoms with Gasteiger partial charge < -0.3 is 10.5 Å². The summed E-state index contributed by atoms with van der Waals surface area (Å²) in [5.74, 6) is 0.323. The highest BCUT2D eigenvalue weighted by molar-refractivity contribution is 6.20. The Labute approximate surface area is 105 Å². The van der Waals surface area contributed by atoms with E-state index >= 15 is 0 Å². The highest BCUT2D eigenvalue weighted by Crippen LogP contribution is 2.10. The normalized spacial score (nSPS) is 22.4. The summed E-state index contributed by atoms with van der Waals surface area (Å²) in [5, 5.41) is 1.81. The summed E-state index contributed by atoms with van der Waals surface area (Å²) in [7, 11) is 0. The van der Waals surface area contributed by atoms with Crippen molar-refractivity contribution >= 4 is 23.2 Å². The summed E-state index contributed by atoms with van der Waals surface area (Å²) >= 11 is 6.06. The number of alkyl halides is 1. The number of hydrogen-bond acceptors (Lipinski definition) is 3. The van der Waals surface area contributed by atoms with E-state index in [1.807, 2.05) is 35.3 Å². The first-order chi connectivity index (χ1) is 8.25. The number of halogens is 1.